The van der Waals surface area contributed by atoms with Gasteiger partial charge in [0.05, 0.1) is 12.6 Å². The zero-order valence-electron chi connectivity index (χ0n) is 20.6. The predicted octanol–water partition coefficient (Wildman–Crippen LogP) is 1.77. The fraction of sp³-hybridized carbons (Fsp3) is 0.583. The van der Waals surface area contributed by atoms with E-state index in [0.717, 1.165) is 11.1 Å². The molecule has 34 heavy (non-hydrogen) atoms. The Bertz CT molecular complexity index is 833. The Balaban J connectivity index is 2.92. The first-order valence-corrected chi connectivity index (χ1v) is 11.4. The number of alkyl carbamates (subject to hydrolysis) is 1. The second kappa shape index (κ2) is 13.5. The number of aliphatic hydroxyl groups is 1. The lowest BCUT2D eigenvalue weighted by Crippen LogP contribution is -2.54. The molecular formula is C24H38N4O6. The van der Waals surface area contributed by atoms with E-state index in [9.17, 15) is 24.3 Å². The van der Waals surface area contributed by atoms with Gasteiger partial charge in [-0.05, 0) is 50.7 Å². The van der Waals surface area contributed by atoms with Crippen LogP contribution >= 0.6 is 0 Å². The highest BCUT2D eigenvalue weighted by atomic mass is 16.6. The van der Waals surface area contributed by atoms with Crippen molar-refractivity contribution in [2.24, 2.45) is 11.7 Å². The highest BCUT2D eigenvalue weighted by molar-refractivity contribution is 5.93. The molecule has 0 spiro atoms. The summed E-state index contributed by atoms with van der Waals surface area (Å²) in [6, 6.07) is 4.55. The summed E-state index contributed by atoms with van der Waals surface area (Å²) in [4.78, 5) is 49.2. The molecule has 6 N–H and O–H groups in total. The summed E-state index contributed by atoms with van der Waals surface area (Å²) in [5.41, 5.74) is 5.83. The van der Waals surface area contributed by atoms with Crippen LogP contribution in [0.5, 0.6) is 0 Å². The summed E-state index contributed by atoms with van der Waals surface area (Å²) in [7, 11) is 0. The Labute approximate surface area is 201 Å². The molecule has 0 fully saturated rings. The van der Waals surface area contributed by atoms with Crippen molar-refractivity contribution in [1.29, 1.82) is 0 Å². The van der Waals surface area contributed by atoms with E-state index in [2.05, 4.69) is 16.0 Å². The van der Waals surface area contributed by atoms with Gasteiger partial charge >= 0.3 is 12.1 Å². The summed E-state index contributed by atoms with van der Waals surface area (Å²) in [6.07, 6.45) is 0.0381. The van der Waals surface area contributed by atoms with Crippen molar-refractivity contribution in [3.63, 3.8) is 0 Å². The van der Waals surface area contributed by atoms with E-state index in [1.165, 1.54) is 0 Å². The molecule has 10 nitrogen and oxygen atoms in total. The Morgan fingerprint density at radius 1 is 1.03 bits per heavy atom. The minimum Gasteiger partial charge on any atom is -0.444 e. The van der Waals surface area contributed by atoms with Crippen LogP contribution in [0.4, 0.5) is 9.59 Å². The molecule has 2 atom stereocenters. The standard InChI is InChI=1S/C24H38N4O6/c1-15(2)20(28-23(33)34-24(3,4)5)21(31)27-18(7-6-12-26-22(25)32)19(30)13-16-8-10-17(14-29)11-9-16/h8-11,15,18,20,29H,6-7,12-14H2,1-5H3,(H,27,31)(H,28,33)(H3,25,26,32)/t18-,20-/m0/s1. The maximum atomic E-state index is 13.0. The molecule has 0 saturated carbocycles. The third-order valence-corrected chi connectivity index (χ3v) is 4.88. The molecule has 190 valence electrons. The van der Waals surface area contributed by atoms with Gasteiger partial charge in [0.1, 0.15) is 11.6 Å². The van der Waals surface area contributed by atoms with Crippen LogP contribution in [0.25, 0.3) is 0 Å². The number of benzene rings is 1. The lowest BCUT2D eigenvalue weighted by Gasteiger charge is -2.27. The minimum absolute atomic E-state index is 0.0751. The van der Waals surface area contributed by atoms with E-state index >= 15 is 0 Å². The largest absolute Gasteiger partial charge is 0.444 e. The fourth-order valence-corrected chi connectivity index (χ4v) is 3.15. The first-order chi connectivity index (χ1) is 15.8. The van der Waals surface area contributed by atoms with E-state index in [1.807, 2.05) is 0 Å². The minimum atomic E-state index is -0.905. The van der Waals surface area contributed by atoms with Crippen LogP contribution in [0.15, 0.2) is 24.3 Å². The van der Waals surface area contributed by atoms with E-state index < -0.39 is 35.7 Å². The van der Waals surface area contributed by atoms with Gasteiger partial charge in [-0.1, -0.05) is 38.1 Å². The molecule has 0 aliphatic carbocycles. The molecule has 0 aliphatic rings. The number of urea groups is 1. The molecular weight excluding hydrogens is 440 g/mol. The van der Waals surface area contributed by atoms with Gasteiger partial charge in [0.25, 0.3) is 0 Å². The number of Topliss-reactive ketones (excluding diaryl/α,β-unsaturated/α-hetero) is 1. The number of amides is 4. The van der Waals surface area contributed by atoms with Crippen LogP contribution < -0.4 is 21.7 Å². The smallest absolute Gasteiger partial charge is 0.408 e. The number of ketones is 1. The van der Waals surface area contributed by atoms with Crippen LogP contribution in [0.1, 0.15) is 58.6 Å². The van der Waals surface area contributed by atoms with E-state index in [0.29, 0.717) is 6.42 Å². The number of aliphatic hydroxyl groups excluding tert-OH is 1. The van der Waals surface area contributed by atoms with Gasteiger partial charge < -0.3 is 31.5 Å². The predicted molar refractivity (Wildman–Crippen MR) is 128 cm³/mol. The molecule has 0 heterocycles. The second-order valence-electron chi connectivity index (χ2n) is 9.48. The maximum Gasteiger partial charge on any atom is 0.408 e. The van der Waals surface area contributed by atoms with Gasteiger partial charge in [0.15, 0.2) is 5.78 Å². The van der Waals surface area contributed by atoms with Crippen molar-refractivity contribution in [2.45, 2.75) is 78.2 Å². The summed E-state index contributed by atoms with van der Waals surface area (Å²) < 4.78 is 5.25. The zero-order valence-corrected chi connectivity index (χ0v) is 20.6. The van der Waals surface area contributed by atoms with Gasteiger partial charge in [-0.2, -0.15) is 0 Å². The quantitative estimate of drug-likeness (QED) is 0.288. The number of primary amides is 1. The number of nitrogens with two attached hydrogens (primary N) is 1. The normalized spacial score (nSPS) is 13.0. The van der Waals surface area contributed by atoms with E-state index in [4.69, 9.17) is 10.5 Å². The molecule has 10 heteroatoms. The number of rotatable bonds is 12. The number of ether oxygens (including phenoxy) is 1. The molecule has 0 saturated heterocycles. The van der Waals surface area contributed by atoms with Gasteiger partial charge in [0.2, 0.25) is 5.91 Å². The number of carbonyl (C=O) groups excluding carboxylic acids is 4. The van der Waals surface area contributed by atoms with Crippen LogP contribution in [-0.4, -0.2) is 53.2 Å². The van der Waals surface area contributed by atoms with Crippen LogP contribution in [0, 0.1) is 5.92 Å². The monoisotopic (exact) mass is 478 g/mol. The summed E-state index contributed by atoms with van der Waals surface area (Å²) in [6.45, 7) is 8.87. The lowest BCUT2D eigenvalue weighted by molar-refractivity contribution is -0.129. The van der Waals surface area contributed by atoms with Crippen molar-refractivity contribution in [1.82, 2.24) is 16.0 Å². The first-order valence-electron chi connectivity index (χ1n) is 11.4. The summed E-state index contributed by atoms with van der Waals surface area (Å²) in [5, 5.41) is 17.0. The number of carbonyl (C=O) groups is 4. The highest BCUT2D eigenvalue weighted by Gasteiger charge is 2.30. The van der Waals surface area contributed by atoms with E-state index in [-0.39, 0.29) is 37.7 Å². The average Bonchev–Trinajstić information content (AvgIpc) is 2.72. The Kier molecular flexibility index (Phi) is 11.5. The molecule has 0 aliphatic heterocycles. The molecule has 1 aromatic rings. The highest BCUT2D eigenvalue weighted by Crippen LogP contribution is 2.12. The van der Waals surface area contributed by atoms with Gasteiger partial charge in [-0.3, -0.25) is 9.59 Å². The third-order valence-electron chi connectivity index (χ3n) is 4.88. The first kappa shape index (κ1) is 28.9. The number of hydrogen-bond donors (Lipinski definition) is 5. The zero-order chi connectivity index (χ0) is 25.9. The van der Waals surface area contributed by atoms with Crippen LogP contribution in [0.2, 0.25) is 0 Å². The van der Waals surface area contributed by atoms with Crippen LogP contribution in [-0.2, 0) is 27.4 Å². The number of nitrogens with one attached hydrogen (secondary N) is 3. The van der Waals surface area contributed by atoms with Crippen molar-refractivity contribution >= 4 is 23.8 Å². The molecule has 4 amide bonds. The van der Waals surface area contributed by atoms with Crippen molar-refractivity contribution in [2.75, 3.05) is 6.54 Å². The lowest BCUT2D eigenvalue weighted by atomic mass is 9.97. The number of hydrogen-bond acceptors (Lipinski definition) is 6. The Hall–Kier alpha value is -3.14. The van der Waals surface area contributed by atoms with Gasteiger partial charge in [0, 0.05) is 13.0 Å². The van der Waals surface area contributed by atoms with Crippen LogP contribution in [0.3, 0.4) is 0 Å². The Morgan fingerprint density at radius 2 is 1.62 bits per heavy atom. The Morgan fingerprint density at radius 3 is 2.12 bits per heavy atom. The van der Waals surface area contributed by atoms with Crippen molar-refractivity contribution in [3.05, 3.63) is 35.4 Å². The van der Waals surface area contributed by atoms with Gasteiger partial charge in [-0.15, -0.1) is 0 Å². The molecule has 1 aromatic carbocycles. The molecule has 0 bridgehead atoms. The molecule has 0 unspecified atom stereocenters. The molecule has 0 aromatic heterocycles. The topological polar surface area (TPSA) is 160 Å². The van der Waals surface area contributed by atoms with Crippen molar-refractivity contribution in [3.8, 4) is 0 Å². The summed E-state index contributed by atoms with van der Waals surface area (Å²) >= 11 is 0. The third kappa shape index (κ3) is 11.1. The van der Waals surface area contributed by atoms with E-state index in [1.54, 1.807) is 58.9 Å². The summed E-state index contributed by atoms with van der Waals surface area (Å²) in [5.74, 6) is -0.979. The fourth-order valence-electron chi connectivity index (χ4n) is 3.15. The van der Waals surface area contributed by atoms with Crippen molar-refractivity contribution < 1.29 is 29.0 Å². The maximum absolute atomic E-state index is 13.0. The molecule has 1 rings (SSSR count). The van der Waals surface area contributed by atoms with Gasteiger partial charge in [-0.25, -0.2) is 9.59 Å². The second-order valence-corrected chi connectivity index (χ2v) is 9.48. The SMILES string of the molecule is CC(C)[C@H](NC(=O)OC(C)(C)C)C(=O)N[C@@H](CCCNC(N)=O)C(=O)Cc1ccc(CO)cc1. The average molecular weight is 479 g/mol. The molecule has 0 radical (unpaired) electrons.